The number of nitrogens with one attached hydrogen (secondary N) is 2. The number of hydrogen-bond donors (Lipinski definition) is 2. The Kier molecular flexibility index (Phi) is 5.23. The van der Waals surface area contributed by atoms with Gasteiger partial charge in [-0.3, -0.25) is 9.52 Å². The fourth-order valence-electron chi connectivity index (χ4n) is 2.44. The molecule has 0 fully saturated rings. The fourth-order valence-corrected chi connectivity index (χ4v) is 3.55. The standard InChI is InChI=1S/C20H19N3O3S/c1-14-9-11-17(12-10-14)23-27(25,26)18-7-4-6-16(13-18)20(24)22-19-8-3-5-15(2)21-19/h3-13,23H,1-2H3,(H,21,22,24). The number of sulfonamides is 1. The van der Waals surface area contributed by atoms with Gasteiger partial charge in [0.15, 0.2) is 0 Å². The lowest BCUT2D eigenvalue weighted by Gasteiger charge is -2.10. The zero-order chi connectivity index (χ0) is 19.4. The molecule has 1 aromatic heterocycles. The van der Waals surface area contributed by atoms with Crippen LogP contribution in [-0.2, 0) is 10.0 Å². The molecule has 0 aliphatic rings. The van der Waals surface area contributed by atoms with Crippen LogP contribution in [0, 0.1) is 13.8 Å². The molecule has 3 rings (SSSR count). The summed E-state index contributed by atoms with van der Waals surface area (Å²) in [6.45, 7) is 3.74. The second-order valence-corrected chi connectivity index (χ2v) is 7.80. The molecule has 7 heteroatoms. The largest absolute Gasteiger partial charge is 0.307 e. The van der Waals surface area contributed by atoms with Crippen LogP contribution in [0.3, 0.4) is 0 Å². The summed E-state index contributed by atoms with van der Waals surface area (Å²) in [5, 5.41) is 2.67. The van der Waals surface area contributed by atoms with Crippen molar-refractivity contribution in [3.63, 3.8) is 0 Å². The number of anilines is 2. The highest BCUT2D eigenvalue weighted by molar-refractivity contribution is 7.92. The Morgan fingerprint density at radius 2 is 1.63 bits per heavy atom. The predicted octanol–water partition coefficient (Wildman–Crippen LogP) is 3.75. The first kappa shape index (κ1) is 18.6. The Balaban J connectivity index is 1.81. The van der Waals surface area contributed by atoms with Crippen LogP contribution in [0.5, 0.6) is 0 Å². The molecule has 6 nitrogen and oxygen atoms in total. The molecular weight excluding hydrogens is 362 g/mol. The zero-order valence-electron chi connectivity index (χ0n) is 14.9. The van der Waals surface area contributed by atoms with Gasteiger partial charge in [-0.05, 0) is 56.3 Å². The van der Waals surface area contributed by atoms with Crippen molar-refractivity contribution < 1.29 is 13.2 Å². The Hall–Kier alpha value is -3.19. The van der Waals surface area contributed by atoms with Crippen LogP contribution in [0.2, 0.25) is 0 Å². The first-order chi connectivity index (χ1) is 12.8. The SMILES string of the molecule is Cc1ccc(NS(=O)(=O)c2cccc(C(=O)Nc3cccc(C)n3)c2)cc1. The van der Waals surface area contributed by atoms with Gasteiger partial charge in [0.25, 0.3) is 15.9 Å². The lowest BCUT2D eigenvalue weighted by atomic mass is 10.2. The van der Waals surface area contributed by atoms with E-state index in [-0.39, 0.29) is 10.5 Å². The highest BCUT2D eigenvalue weighted by Crippen LogP contribution is 2.18. The van der Waals surface area contributed by atoms with Gasteiger partial charge in [-0.1, -0.05) is 29.8 Å². The van der Waals surface area contributed by atoms with Crippen LogP contribution < -0.4 is 10.0 Å². The predicted molar refractivity (Wildman–Crippen MR) is 105 cm³/mol. The Bertz CT molecular complexity index is 1080. The monoisotopic (exact) mass is 381 g/mol. The third kappa shape index (κ3) is 4.71. The number of carbonyl (C=O) groups is 1. The molecule has 3 aromatic rings. The number of hydrogen-bond acceptors (Lipinski definition) is 4. The number of amides is 1. The van der Waals surface area contributed by atoms with E-state index in [1.807, 2.05) is 32.0 Å². The van der Waals surface area contributed by atoms with Crippen molar-refractivity contribution in [1.82, 2.24) is 4.98 Å². The average Bonchev–Trinajstić information content (AvgIpc) is 2.63. The average molecular weight is 381 g/mol. The van der Waals surface area contributed by atoms with Gasteiger partial charge in [-0.15, -0.1) is 0 Å². The number of benzene rings is 2. The van der Waals surface area contributed by atoms with Gasteiger partial charge in [-0.25, -0.2) is 13.4 Å². The van der Waals surface area contributed by atoms with E-state index in [0.717, 1.165) is 11.3 Å². The third-order valence-electron chi connectivity index (χ3n) is 3.84. The molecule has 138 valence electrons. The fraction of sp³-hybridized carbons (Fsp3) is 0.100. The minimum Gasteiger partial charge on any atom is -0.307 e. The number of aryl methyl sites for hydroxylation is 2. The minimum atomic E-state index is -3.81. The number of carbonyl (C=O) groups excluding carboxylic acids is 1. The molecular formula is C20H19N3O3S. The van der Waals surface area contributed by atoms with Gasteiger partial charge in [0.2, 0.25) is 0 Å². The molecule has 0 unspecified atom stereocenters. The molecule has 1 amide bonds. The molecule has 2 aromatic carbocycles. The van der Waals surface area contributed by atoms with Crippen molar-refractivity contribution in [1.29, 1.82) is 0 Å². The molecule has 0 atom stereocenters. The number of pyridine rings is 1. The molecule has 0 aliphatic carbocycles. The summed E-state index contributed by atoms with van der Waals surface area (Å²) >= 11 is 0. The maximum atomic E-state index is 12.6. The summed E-state index contributed by atoms with van der Waals surface area (Å²) in [5.41, 5.74) is 2.48. The summed E-state index contributed by atoms with van der Waals surface area (Å²) in [7, 11) is -3.81. The first-order valence-corrected chi connectivity index (χ1v) is 9.76. The third-order valence-corrected chi connectivity index (χ3v) is 5.22. The van der Waals surface area contributed by atoms with Crippen molar-refractivity contribution in [2.45, 2.75) is 18.7 Å². The molecule has 0 saturated heterocycles. The topological polar surface area (TPSA) is 88.2 Å². The molecule has 0 spiro atoms. The quantitative estimate of drug-likeness (QED) is 0.704. The summed E-state index contributed by atoms with van der Waals surface area (Å²) in [4.78, 5) is 16.7. The van der Waals surface area contributed by atoms with Gasteiger partial charge in [0.1, 0.15) is 5.82 Å². The minimum absolute atomic E-state index is 0.00734. The van der Waals surface area contributed by atoms with Crippen LogP contribution >= 0.6 is 0 Å². The van der Waals surface area contributed by atoms with E-state index in [2.05, 4.69) is 15.0 Å². The maximum absolute atomic E-state index is 12.6. The van der Waals surface area contributed by atoms with Crippen LogP contribution in [0.25, 0.3) is 0 Å². The van der Waals surface area contributed by atoms with Crippen LogP contribution in [0.1, 0.15) is 21.6 Å². The van der Waals surface area contributed by atoms with Crippen molar-refractivity contribution in [2.24, 2.45) is 0 Å². The zero-order valence-corrected chi connectivity index (χ0v) is 15.7. The van der Waals surface area contributed by atoms with E-state index >= 15 is 0 Å². The Labute approximate surface area is 158 Å². The molecule has 1 heterocycles. The van der Waals surface area contributed by atoms with Gasteiger partial charge in [-0.2, -0.15) is 0 Å². The van der Waals surface area contributed by atoms with Crippen LogP contribution in [0.15, 0.2) is 71.6 Å². The number of rotatable bonds is 5. The normalized spacial score (nSPS) is 11.0. The first-order valence-electron chi connectivity index (χ1n) is 8.28. The van der Waals surface area contributed by atoms with Gasteiger partial charge in [0, 0.05) is 16.9 Å². The molecule has 0 radical (unpaired) electrons. The second-order valence-electron chi connectivity index (χ2n) is 6.12. The number of nitrogens with zero attached hydrogens (tertiary/aromatic N) is 1. The van der Waals surface area contributed by atoms with Crippen LogP contribution in [0.4, 0.5) is 11.5 Å². The maximum Gasteiger partial charge on any atom is 0.261 e. The van der Waals surface area contributed by atoms with Crippen molar-refractivity contribution >= 4 is 27.4 Å². The van der Waals surface area contributed by atoms with E-state index in [9.17, 15) is 13.2 Å². The van der Waals surface area contributed by atoms with Gasteiger partial charge < -0.3 is 5.32 Å². The molecule has 0 bridgehead atoms. The number of aromatic nitrogens is 1. The van der Waals surface area contributed by atoms with E-state index in [0.29, 0.717) is 11.5 Å². The Morgan fingerprint density at radius 1 is 0.926 bits per heavy atom. The van der Waals surface area contributed by atoms with Gasteiger partial charge in [0.05, 0.1) is 4.90 Å². The van der Waals surface area contributed by atoms with Crippen LogP contribution in [-0.4, -0.2) is 19.3 Å². The van der Waals surface area contributed by atoms with E-state index in [1.54, 1.807) is 30.3 Å². The van der Waals surface area contributed by atoms with E-state index in [1.165, 1.54) is 18.2 Å². The van der Waals surface area contributed by atoms with Crippen molar-refractivity contribution in [3.05, 3.63) is 83.6 Å². The second kappa shape index (κ2) is 7.59. The van der Waals surface area contributed by atoms with E-state index < -0.39 is 15.9 Å². The van der Waals surface area contributed by atoms with E-state index in [4.69, 9.17) is 0 Å². The summed E-state index contributed by atoms with van der Waals surface area (Å²) in [5.74, 6) is -0.0217. The van der Waals surface area contributed by atoms with Crippen molar-refractivity contribution in [2.75, 3.05) is 10.0 Å². The lowest BCUT2D eigenvalue weighted by molar-refractivity contribution is 0.102. The van der Waals surface area contributed by atoms with Crippen molar-refractivity contribution in [3.8, 4) is 0 Å². The summed E-state index contributed by atoms with van der Waals surface area (Å²) in [6, 6.07) is 18.1. The van der Waals surface area contributed by atoms with Gasteiger partial charge >= 0.3 is 0 Å². The highest BCUT2D eigenvalue weighted by Gasteiger charge is 2.17. The molecule has 0 aliphatic heterocycles. The molecule has 0 saturated carbocycles. The lowest BCUT2D eigenvalue weighted by Crippen LogP contribution is -2.16. The Morgan fingerprint density at radius 3 is 2.33 bits per heavy atom. The summed E-state index contributed by atoms with van der Waals surface area (Å²) < 4.78 is 27.7. The molecule has 2 N–H and O–H groups in total. The molecule has 27 heavy (non-hydrogen) atoms. The summed E-state index contributed by atoms with van der Waals surface area (Å²) in [6.07, 6.45) is 0. The smallest absolute Gasteiger partial charge is 0.261 e. The highest BCUT2D eigenvalue weighted by atomic mass is 32.2.